The molecule has 0 aliphatic rings. The van der Waals surface area contributed by atoms with Crippen molar-refractivity contribution in [1.82, 2.24) is 4.98 Å². The van der Waals surface area contributed by atoms with Crippen LogP contribution in [0.4, 0.5) is 8.78 Å². The number of rotatable bonds is 4. The summed E-state index contributed by atoms with van der Waals surface area (Å²) in [6, 6.07) is 3.36. The van der Waals surface area contributed by atoms with Gasteiger partial charge >= 0.3 is 0 Å². The first-order valence-corrected chi connectivity index (χ1v) is 6.53. The maximum atomic E-state index is 13.4. The summed E-state index contributed by atoms with van der Waals surface area (Å²) < 4.78 is 26.2. The molecule has 1 unspecified atom stereocenters. The summed E-state index contributed by atoms with van der Waals surface area (Å²) in [5, 5.41) is 2.91. The molecule has 1 atom stereocenters. The summed E-state index contributed by atoms with van der Waals surface area (Å²) in [5.74, 6) is -1.11. The lowest BCUT2D eigenvalue weighted by Gasteiger charge is -2.10. The van der Waals surface area contributed by atoms with E-state index in [1.54, 1.807) is 11.3 Å². The van der Waals surface area contributed by atoms with Gasteiger partial charge in [-0.25, -0.2) is 13.8 Å². The van der Waals surface area contributed by atoms with Crippen LogP contribution >= 0.6 is 11.3 Å². The Morgan fingerprint density at radius 3 is 2.72 bits per heavy atom. The summed E-state index contributed by atoms with van der Waals surface area (Å²) in [6.07, 6.45) is 0.986. The Bertz CT molecular complexity index is 540. The van der Waals surface area contributed by atoms with E-state index in [0.29, 0.717) is 18.4 Å². The van der Waals surface area contributed by atoms with Crippen molar-refractivity contribution in [1.29, 1.82) is 0 Å². The van der Waals surface area contributed by atoms with Gasteiger partial charge in [0.2, 0.25) is 0 Å². The largest absolute Gasteiger partial charge is 0.327 e. The van der Waals surface area contributed by atoms with Crippen LogP contribution in [0.2, 0.25) is 0 Å². The van der Waals surface area contributed by atoms with Crippen molar-refractivity contribution in [3.8, 4) is 0 Å². The zero-order valence-electron chi connectivity index (χ0n) is 9.99. The van der Waals surface area contributed by atoms with Gasteiger partial charge in [-0.15, -0.1) is 11.3 Å². The molecule has 1 aromatic carbocycles. The molecule has 5 heteroatoms. The summed E-state index contributed by atoms with van der Waals surface area (Å²) in [7, 11) is 0. The molecule has 0 amide bonds. The average Bonchev–Trinajstić information content (AvgIpc) is 2.68. The number of thiazole rings is 1. The number of hydrogen-bond donors (Lipinski definition) is 1. The van der Waals surface area contributed by atoms with Crippen LogP contribution in [-0.2, 0) is 12.8 Å². The molecule has 2 N–H and O–H groups in total. The summed E-state index contributed by atoms with van der Waals surface area (Å²) >= 11 is 1.55. The van der Waals surface area contributed by atoms with Gasteiger partial charge < -0.3 is 5.73 Å². The molecule has 0 spiro atoms. The number of benzene rings is 1. The van der Waals surface area contributed by atoms with Crippen molar-refractivity contribution in [3.63, 3.8) is 0 Å². The van der Waals surface area contributed by atoms with E-state index in [9.17, 15) is 8.78 Å². The molecule has 0 radical (unpaired) electrons. The van der Waals surface area contributed by atoms with E-state index < -0.39 is 11.6 Å². The lowest BCUT2D eigenvalue weighted by atomic mass is 10.0. The third-order valence-corrected chi connectivity index (χ3v) is 3.59. The van der Waals surface area contributed by atoms with E-state index in [0.717, 1.165) is 16.8 Å². The number of hydrogen-bond acceptors (Lipinski definition) is 3. The molecule has 0 aliphatic heterocycles. The second-order valence-corrected chi connectivity index (χ2v) is 5.23. The van der Waals surface area contributed by atoms with Gasteiger partial charge in [0.15, 0.2) is 0 Å². The molecule has 0 saturated heterocycles. The fraction of sp³-hybridized carbons (Fsp3) is 0.308. The van der Waals surface area contributed by atoms with E-state index in [2.05, 4.69) is 4.98 Å². The fourth-order valence-corrected chi connectivity index (χ4v) is 2.63. The van der Waals surface area contributed by atoms with Crippen molar-refractivity contribution >= 4 is 11.3 Å². The molecule has 0 saturated carbocycles. The second-order valence-electron chi connectivity index (χ2n) is 4.29. The molecule has 18 heavy (non-hydrogen) atoms. The number of nitrogens with two attached hydrogens (primary N) is 1. The SMILES string of the molecule is Cc1csc(CC(N)Cc2ccc(F)cc2F)n1. The highest BCUT2D eigenvalue weighted by molar-refractivity contribution is 7.09. The maximum absolute atomic E-state index is 13.4. The van der Waals surface area contributed by atoms with Gasteiger partial charge in [0.1, 0.15) is 11.6 Å². The van der Waals surface area contributed by atoms with Crippen LogP contribution in [0.3, 0.4) is 0 Å². The molecule has 1 aromatic heterocycles. The normalized spacial score (nSPS) is 12.7. The van der Waals surface area contributed by atoms with Crippen LogP contribution in [0.15, 0.2) is 23.6 Å². The Morgan fingerprint density at radius 1 is 1.33 bits per heavy atom. The monoisotopic (exact) mass is 268 g/mol. The number of aryl methyl sites for hydroxylation is 1. The van der Waals surface area contributed by atoms with Crippen LogP contribution in [0, 0.1) is 18.6 Å². The summed E-state index contributed by atoms with van der Waals surface area (Å²) in [5.41, 5.74) is 7.37. The van der Waals surface area contributed by atoms with E-state index in [1.807, 2.05) is 12.3 Å². The lowest BCUT2D eigenvalue weighted by Crippen LogP contribution is -2.26. The minimum absolute atomic E-state index is 0.212. The predicted molar refractivity (Wildman–Crippen MR) is 68.6 cm³/mol. The molecule has 0 fully saturated rings. The van der Waals surface area contributed by atoms with E-state index in [4.69, 9.17) is 5.73 Å². The molecule has 0 aliphatic carbocycles. The zero-order chi connectivity index (χ0) is 13.1. The highest BCUT2D eigenvalue weighted by atomic mass is 32.1. The van der Waals surface area contributed by atoms with E-state index in [1.165, 1.54) is 12.1 Å². The van der Waals surface area contributed by atoms with Gasteiger partial charge in [-0.2, -0.15) is 0 Å². The highest BCUT2D eigenvalue weighted by Crippen LogP contribution is 2.15. The maximum Gasteiger partial charge on any atom is 0.129 e. The molecule has 2 aromatic rings. The van der Waals surface area contributed by atoms with Crippen LogP contribution < -0.4 is 5.73 Å². The minimum atomic E-state index is -0.569. The van der Waals surface area contributed by atoms with Gasteiger partial charge in [0, 0.05) is 29.6 Å². The molecule has 2 rings (SSSR count). The lowest BCUT2D eigenvalue weighted by molar-refractivity contribution is 0.558. The minimum Gasteiger partial charge on any atom is -0.327 e. The Balaban J connectivity index is 2.00. The molecular weight excluding hydrogens is 254 g/mol. The molecule has 2 nitrogen and oxygen atoms in total. The molecular formula is C13H14F2N2S. The first kappa shape index (κ1) is 13.1. The van der Waals surface area contributed by atoms with Gasteiger partial charge in [-0.05, 0) is 25.0 Å². The van der Waals surface area contributed by atoms with Crippen molar-refractivity contribution in [2.24, 2.45) is 5.73 Å². The van der Waals surface area contributed by atoms with E-state index in [-0.39, 0.29) is 6.04 Å². The standard InChI is InChI=1S/C13H14F2N2S/c1-8-7-18-13(17-8)6-11(16)4-9-2-3-10(14)5-12(9)15/h2-3,5,7,11H,4,6,16H2,1H3. The van der Waals surface area contributed by atoms with Gasteiger partial charge in [0.25, 0.3) is 0 Å². The van der Waals surface area contributed by atoms with Gasteiger partial charge in [-0.1, -0.05) is 6.07 Å². The summed E-state index contributed by atoms with van der Waals surface area (Å²) in [4.78, 5) is 4.31. The topological polar surface area (TPSA) is 38.9 Å². The van der Waals surface area contributed by atoms with E-state index >= 15 is 0 Å². The predicted octanol–water partition coefficient (Wildman–Crippen LogP) is 2.84. The average molecular weight is 268 g/mol. The van der Waals surface area contributed by atoms with Gasteiger partial charge in [-0.3, -0.25) is 0 Å². The zero-order valence-corrected chi connectivity index (χ0v) is 10.8. The third-order valence-electron chi connectivity index (χ3n) is 2.60. The Kier molecular flexibility index (Phi) is 4.04. The van der Waals surface area contributed by atoms with Crippen LogP contribution in [0.5, 0.6) is 0 Å². The number of nitrogens with zero attached hydrogens (tertiary/aromatic N) is 1. The number of halogens is 2. The smallest absolute Gasteiger partial charge is 0.129 e. The van der Waals surface area contributed by atoms with Crippen LogP contribution in [0.1, 0.15) is 16.3 Å². The Labute approximate surface area is 108 Å². The Morgan fingerprint density at radius 2 is 2.11 bits per heavy atom. The summed E-state index contributed by atoms with van der Waals surface area (Å²) in [6.45, 7) is 1.92. The first-order valence-electron chi connectivity index (χ1n) is 5.65. The first-order chi connectivity index (χ1) is 8.54. The Hall–Kier alpha value is -1.33. The quantitative estimate of drug-likeness (QED) is 0.926. The van der Waals surface area contributed by atoms with Crippen molar-refractivity contribution in [2.45, 2.75) is 25.8 Å². The number of aromatic nitrogens is 1. The van der Waals surface area contributed by atoms with Crippen LogP contribution in [0.25, 0.3) is 0 Å². The molecule has 96 valence electrons. The van der Waals surface area contributed by atoms with Gasteiger partial charge in [0.05, 0.1) is 5.01 Å². The third kappa shape index (κ3) is 3.34. The fourth-order valence-electron chi connectivity index (χ4n) is 1.76. The molecule has 0 bridgehead atoms. The van der Waals surface area contributed by atoms with Crippen LogP contribution in [-0.4, -0.2) is 11.0 Å². The van der Waals surface area contributed by atoms with Crippen molar-refractivity contribution < 1.29 is 8.78 Å². The highest BCUT2D eigenvalue weighted by Gasteiger charge is 2.11. The molecule has 1 heterocycles. The second kappa shape index (κ2) is 5.54. The van der Waals surface area contributed by atoms with Crippen molar-refractivity contribution in [3.05, 3.63) is 51.5 Å². The van der Waals surface area contributed by atoms with Crippen molar-refractivity contribution in [2.75, 3.05) is 0 Å².